The van der Waals surface area contributed by atoms with Crippen molar-refractivity contribution < 1.29 is 28.5 Å². The summed E-state index contributed by atoms with van der Waals surface area (Å²) in [5, 5.41) is 15.2. The van der Waals surface area contributed by atoms with Gasteiger partial charge in [-0.2, -0.15) is 5.26 Å². The summed E-state index contributed by atoms with van der Waals surface area (Å²) in [4.78, 5) is 37.2. The highest BCUT2D eigenvalue weighted by Gasteiger charge is 2.30. The maximum absolute atomic E-state index is 13.3. The molecule has 13 nitrogen and oxygen atoms in total. The first-order valence-electron chi connectivity index (χ1n) is 11.5. The molecule has 2 N–H and O–H groups in total. The van der Waals surface area contributed by atoms with Crippen LogP contribution >= 0.6 is 0 Å². The van der Waals surface area contributed by atoms with Crippen LogP contribution in [0.15, 0.2) is 18.3 Å². The Labute approximate surface area is 215 Å². The molecule has 0 unspecified atom stereocenters. The second-order valence-corrected chi connectivity index (χ2v) is 8.25. The summed E-state index contributed by atoms with van der Waals surface area (Å²) < 4.78 is 21.3. The maximum atomic E-state index is 13.3. The standard InChI is InChI=1S/C24H31N7O6/c1-30(2)24(33)37-18-11-15-7-6-9-31(21(15)29-20(18)22(35-4)36-5)23(32)28-19-12-17(26-8-10-34-3)16(13-25)14-27-19/h11-12,14,22H,6-10H2,1-5H3,(H2,26,27,28,32). The van der Waals surface area contributed by atoms with Crippen LogP contribution < -0.4 is 20.3 Å². The Morgan fingerprint density at radius 2 is 2.00 bits per heavy atom. The van der Waals surface area contributed by atoms with Gasteiger partial charge in [-0.3, -0.25) is 10.2 Å². The van der Waals surface area contributed by atoms with Gasteiger partial charge in [-0.1, -0.05) is 0 Å². The Bertz CT molecular complexity index is 1160. The number of fused-ring (bicyclic) bond motifs is 1. The average Bonchev–Trinajstić information content (AvgIpc) is 2.89. The second-order valence-electron chi connectivity index (χ2n) is 8.25. The van der Waals surface area contributed by atoms with Gasteiger partial charge >= 0.3 is 12.1 Å². The van der Waals surface area contributed by atoms with Gasteiger partial charge in [0.1, 0.15) is 23.4 Å². The first-order valence-corrected chi connectivity index (χ1v) is 11.5. The molecule has 13 heteroatoms. The molecule has 1 aliphatic rings. The number of nitrogens with one attached hydrogen (secondary N) is 2. The van der Waals surface area contributed by atoms with Crippen molar-refractivity contribution in [3.05, 3.63) is 35.2 Å². The van der Waals surface area contributed by atoms with E-state index in [0.29, 0.717) is 49.6 Å². The fourth-order valence-corrected chi connectivity index (χ4v) is 3.67. The molecule has 1 aliphatic heterocycles. The van der Waals surface area contributed by atoms with Crippen molar-refractivity contribution >= 4 is 29.4 Å². The zero-order valence-corrected chi connectivity index (χ0v) is 21.5. The van der Waals surface area contributed by atoms with Crippen LogP contribution in [0, 0.1) is 11.3 Å². The third-order valence-electron chi connectivity index (χ3n) is 5.49. The molecule has 3 amide bonds. The van der Waals surface area contributed by atoms with E-state index in [-0.39, 0.29) is 17.3 Å². The Morgan fingerprint density at radius 3 is 2.65 bits per heavy atom. The van der Waals surface area contributed by atoms with Gasteiger partial charge < -0.3 is 29.2 Å². The number of pyridine rings is 2. The van der Waals surface area contributed by atoms with Crippen LogP contribution in [-0.4, -0.2) is 82.1 Å². The highest BCUT2D eigenvalue weighted by molar-refractivity contribution is 6.01. The summed E-state index contributed by atoms with van der Waals surface area (Å²) >= 11 is 0. The molecule has 0 aliphatic carbocycles. The lowest BCUT2D eigenvalue weighted by Crippen LogP contribution is -2.40. The molecule has 0 saturated carbocycles. The minimum absolute atomic E-state index is 0.189. The molecule has 0 saturated heterocycles. The van der Waals surface area contributed by atoms with E-state index in [0.717, 1.165) is 5.56 Å². The second kappa shape index (κ2) is 12.8. The molecule has 198 valence electrons. The van der Waals surface area contributed by atoms with Crippen LogP contribution in [0.2, 0.25) is 0 Å². The molecule has 3 heterocycles. The Balaban J connectivity index is 1.91. The number of hydrogen-bond acceptors (Lipinski definition) is 10. The van der Waals surface area contributed by atoms with Crippen LogP contribution in [-0.2, 0) is 20.6 Å². The van der Waals surface area contributed by atoms with Crippen LogP contribution in [0.4, 0.5) is 26.9 Å². The lowest BCUT2D eigenvalue weighted by atomic mass is 10.0. The van der Waals surface area contributed by atoms with Gasteiger partial charge in [0, 0.05) is 60.8 Å². The van der Waals surface area contributed by atoms with E-state index in [1.807, 2.05) is 0 Å². The number of carbonyl (C=O) groups is 2. The normalized spacial score (nSPS) is 12.5. The number of hydrogen-bond donors (Lipinski definition) is 2. The molecule has 0 atom stereocenters. The Hall–Kier alpha value is -3.99. The Morgan fingerprint density at radius 1 is 1.24 bits per heavy atom. The molecular formula is C24H31N7O6. The fraction of sp³-hybridized carbons (Fsp3) is 0.458. The largest absolute Gasteiger partial charge is 0.414 e. The summed E-state index contributed by atoms with van der Waals surface area (Å²) in [6, 6.07) is 4.89. The molecule has 2 aromatic rings. The topological polar surface area (TPSA) is 151 Å². The number of urea groups is 1. The Kier molecular flexibility index (Phi) is 9.56. The van der Waals surface area contributed by atoms with Crippen LogP contribution in [0.5, 0.6) is 5.75 Å². The van der Waals surface area contributed by atoms with E-state index < -0.39 is 18.4 Å². The van der Waals surface area contributed by atoms with Crippen molar-refractivity contribution in [3.8, 4) is 11.8 Å². The van der Waals surface area contributed by atoms with Gasteiger partial charge in [0.25, 0.3) is 0 Å². The van der Waals surface area contributed by atoms with E-state index in [9.17, 15) is 14.9 Å². The molecule has 3 rings (SSSR count). The monoisotopic (exact) mass is 513 g/mol. The molecule has 0 bridgehead atoms. The third kappa shape index (κ3) is 6.62. The highest BCUT2D eigenvalue weighted by Crippen LogP contribution is 2.35. The summed E-state index contributed by atoms with van der Waals surface area (Å²) in [6.07, 6.45) is 1.18. The number of aryl methyl sites for hydroxylation is 1. The molecule has 0 aromatic carbocycles. The first kappa shape index (κ1) is 27.6. The lowest BCUT2D eigenvalue weighted by molar-refractivity contribution is -0.109. The molecule has 37 heavy (non-hydrogen) atoms. The predicted octanol–water partition coefficient (Wildman–Crippen LogP) is 2.74. The SMILES string of the molecule is COCCNc1cc(NC(=O)N2CCCc3cc(OC(=O)N(C)C)c(C(OC)OC)nc32)ncc1C#N. The average molecular weight is 514 g/mol. The van der Waals surface area contributed by atoms with Crippen molar-refractivity contribution in [2.75, 3.05) is 70.7 Å². The number of rotatable bonds is 9. The molecule has 0 spiro atoms. The van der Waals surface area contributed by atoms with Gasteiger partial charge in [-0.05, 0) is 24.5 Å². The third-order valence-corrected chi connectivity index (χ3v) is 5.49. The van der Waals surface area contributed by atoms with E-state index in [4.69, 9.17) is 18.9 Å². The number of aromatic nitrogens is 2. The molecular weight excluding hydrogens is 482 g/mol. The molecule has 2 aromatic heterocycles. The van der Waals surface area contributed by atoms with Crippen molar-refractivity contribution in [2.24, 2.45) is 0 Å². The smallest absolute Gasteiger partial charge is 0.408 e. The van der Waals surface area contributed by atoms with Crippen molar-refractivity contribution in [1.82, 2.24) is 14.9 Å². The van der Waals surface area contributed by atoms with E-state index in [1.165, 1.54) is 30.2 Å². The fourth-order valence-electron chi connectivity index (χ4n) is 3.67. The summed E-state index contributed by atoms with van der Waals surface area (Å²) in [7, 11) is 7.59. The predicted molar refractivity (Wildman–Crippen MR) is 135 cm³/mol. The number of amides is 3. The minimum Gasteiger partial charge on any atom is -0.408 e. The quantitative estimate of drug-likeness (QED) is 0.378. The number of ether oxygens (including phenoxy) is 4. The zero-order valence-electron chi connectivity index (χ0n) is 21.5. The van der Waals surface area contributed by atoms with Crippen LogP contribution in [0.25, 0.3) is 0 Å². The first-order chi connectivity index (χ1) is 17.8. The van der Waals surface area contributed by atoms with Crippen LogP contribution in [0.1, 0.15) is 29.5 Å². The lowest BCUT2D eigenvalue weighted by Gasteiger charge is -2.30. The van der Waals surface area contributed by atoms with Crippen LogP contribution in [0.3, 0.4) is 0 Å². The number of carbonyl (C=O) groups excluding carboxylic acids is 2. The number of anilines is 3. The van der Waals surface area contributed by atoms with E-state index >= 15 is 0 Å². The zero-order chi connectivity index (χ0) is 26.9. The number of nitrogens with zero attached hydrogens (tertiary/aromatic N) is 5. The van der Waals surface area contributed by atoms with Crippen molar-refractivity contribution in [3.63, 3.8) is 0 Å². The van der Waals surface area contributed by atoms with Gasteiger partial charge in [-0.15, -0.1) is 0 Å². The summed E-state index contributed by atoms with van der Waals surface area (Å²) in [5.74, 6) is 0.850. The number of nitriles is 1. The summed E-state index contributed by atoms with van der Waals surface area (Å²) in [5.41, 5.74) is 1.82. The van der Waals surface area contributed by atoms with E-state index in [2.05, 4.69) is 26.7 Å². The van der Waals surface area contributed by atoms with Gasteiger partial charge in [0.05, 0.1) is 17.9 Å². The maximum Gasteiger partial charge on any atom is 0.414 e. The van der Waals surface area contributed by atoms with Gasteiger partial charge in [0.2, 0.25) is 6.29 Å². The van der Waals surface area contributed by atoms with Crippen molar-refractivity contribution in [2.45, 2.75) is 19.1 Å². The molecule has 0 radical (unpaired) electrons. The summed E-state index contributed by atoms with van der Waals surface area (Å²) in [6.45, 7) is 1.33. The van der Waals surface area contributed by atoms with Gasteiger partial charge in [0.15, 0.2) is 5.75 Å². The molecule has 0 fully saturated rings. The minimum atomic E-state index is -0.928. The van der Waals surface area contributed by atoms with Gasteiger partial charge in [-0.25, -0.2) is 19.6 Å². The van der Waals surface area contributed by atoms with Crippen molar-refractivity contribution in [1.29, 1.82) is 5.26 Å². The van der Waals surface area contributed by atoms with E-state index in [1.54, 1.807) is 33.3 Å². The number of methoxy groups -OCH3 is 3. The highest BCUT2D eigenvalue weighted by atomic mass is 16.7.